The third kappa shape index (κ3) is 3.20. The van der Waals surface area contributed by atoms with Crippen molar-refractivity contribution in [1.82, 2.24) is 0 Å². The molecular formula is C12H13FNO. The number of oxime groups is 1. The molecule has 0 bridgehead atoms. The maximum absolute atomic E-state index is 13.4. The number of halogens is 1. The van der Waals surface area contributed by atoms with Gasteiger partial charge in [-0.1, -0.05) is 41.9 Å². The average molecular weight is 206 g/mol. The van der Waals surface area contributed by atoms with Gasteiger partial charge in [0, 0.05) is 6.08 Å². The van der Waals surface area contributed by atoms with Crippen LogP contribution < -0.4 is 0 Å². The van der Waals surface area contributed by atoms with Crippen molar-refractivity contribution in [1.29, 1.82) is 0 Å². The fourth-order valence-electron chi connectivity index (χ4n) is 1.11. The molecule has 79 valence electrons. The second-order valence-corrected chi connectivity index (χ2v) is 3.21. The van der Waals surface area contributed by atoms with Crippen LogP contribution in [-0.2, 0) is 0 Å². The van der Waals surface area contributed by atoms with Gasteiger partial charge in [0.25, 0.3) is 0 Å². The molecular weight excluding hydrogens is 193 g/mol. The SMILES string of the molecule is CCC(=NO)C(F)=[C]c1ccc(C)cc1. The Kier molecular flexibility index (Phi) is 4.03. The molecule has 0 saturated carbocycles. The van der Waals surface area contributed by atoms with E-state index in [1.807, 2.05) is 19.1 Å². The maximum Gasteiger partial charge on any atom is 0.156 e. The van der Waals surface area contributed by atoms with Gasteiger partial charge in [-0.15, -0.1) is 0 Å². The van der Waals surface area contributed by atoms with Gasteiger partial charge in [0.05, 0.1) is 0 Å². The normalized spacial score (nSPS) is 13.0. The van der Waals surface area contributed by atoms with E-state index in [2.05, 4.69) is 11.2 Å². The minimum absolute atomic E-state index is 0.00979. The zero-order valence-corrected chi connectivity index (χ0v) is 8.79. The molecule has 0 fully saturated rings. The lowest BCUT2D eigenvalue weighted by molar-refractivity contribution is 0.316. The molecule has 0 aliphatic rings. The van der Waals surface area contributed by atoms with Crippen LogP contribution >= 0.6 is 0 Å². The lowest BCUT2D eigenvalue weighted by Crippen LogP contribution is -1.97. The first kappa shape index (κ1) is 11.4. The summed E-state index contributed by atoms with van der Waals surface area (Å²) in [7, 11) is 0. The van der Waals surface area contributed by atoms with Gasteiger partial charge in [0.15, 0.2) is 5.83 Å². The van der Waals surface area contributed by atoms with Crippen LogP contribution in [0.4, 0.5) is 4.39 Å². The molecule has 0 heterocycles. The molecule has 1 rings (SSSR count). The number of benzene rings is 1. The Morgan fingerprint density at radius 3 is 2.47 bits per heavy atom. The Hall–Kier alpha value is -1.64. The molecule has 15 heavy (non-hydrogen) atoms. The van der Waals surface area contributed by atoms with Crippen molar-refractivity contribution in [3.8, 4) is 0 Å². The van der Waals surface area contributed by atoms with Crippen LogP contribution in [0.5, 0.6) is 0 Å². The van der Waals surface area contributed by atoms with E-state index in [1.54, 1.807) is 19.1 Å². The monoisotopic (exact) mass is 206 g/mol. The largest absolute Gasteiger partial charge is 0.411 e. The molecule has 0 aromatic heterocycles. The van der Waals surface area contributed by atoms with Crippen molar-refractivity contribution in [3.05, 3.63) is 47.3 Å². The first-order valence-corrected chi connectivity index (χ1v) is 4.74. The van der Waals surface area contributed by atoms with E-state index in [-0.39, 0.29) is 5.71 Å². The number of hydrogen-bond donors (Lipinski definition) is 1. The van der Waals surface area contributed by atoms with Crippen molar-refractivity contribution >= 4 is 5.71 Å². The Labute approximate surface area is 88.7 Å². The second-order valence-electron chi connectivity index (χ2n) is 3.21. The summed E-state index contributed by atoms with van der Waals surface area (Å²) in [6.07, 6.45) is 2.86. The van der Waals surface area contributed by atoms with Gasteiger partial charge in [0.2, 0.25) is 0 Å². The van der Waals surface area contributed by atoms with Crippen molar-refractivity contribution in [2.24, 2.45) is 5.16 Å². The first-order valence-electron chi connectivity index (χ1n) is 4.74. The summed E-state index contributed by atoms with van der Waals surface area (Å²) in [5.41, 5.74) is 1.75. The van der Waals surface area contributed by atoms with Crippen molar-refractivity contribution < 1.29 is 9.60 Å². The van der Waals surface area contributed by atoms with Crippen molar-refractivity contribution in [2.75, 3.05) is 0 Å². The van der Waals surface area contributed by atoms with E-state index in [4.69, 9.17) is 5.21 Å². The van der Waals surface area contributed by atoms with Gasteiger partial charge < -0.3 is 5.21 Å². The topological polar surface area (TPSA) is 32.6 Å². The van der Waals surface area contributed by atoms with Crippen molar-refractivity contribution in [3.63, 3.8) is 0 Å². The minimum atomic E-state index is -0.621. The second kappa shape index (κ2) is 5.29. The highest BCUT2D eigenvalue weighted by Gasteiger charge is 2.04. The molecule has 3 heteroatoms. The lowest BCUT2D eigenvalue weighted by atomic mass is 10.1. The molecule has 1 N–H and O–H groups in total. The standard InChI is InChI=1S/C12H13FNO/c1-3-12(14-15)11(13)8-10-6-4-9(2)5-7-10/h4-7,15H,3H2,1-2H3. The molecule has 0 aliphatic carbocycles. The van der Waals surface area contributed by atoms with Gasteiger partial charge in [-0.2, -0.15) is 0 Å². The molecule has 1 aromatic carbocycles. The molecule has 0 atom stereocenters. The molecule has 0 amide bonds. The third-order valence-electron chi connectivity index (χ3n) is 2.01. The zero-order valence-electron chi connectivity index (χ0n) is 8.79. The summed E-state index contributed by atoms with van der Waals surface area (Å²) >= 11 is 0. The summed E-state index contributed by atoms with van der Waals surface area (Å²) < 4.78 is 13.4. The molecule has 1 radical (unpaired) electrons. The highest BCUT2D eigenvalue weighted by Crippen LogP contribution is 2.09. The number of nitrogens with zero attached hydrogens (tertiary/aromatic N) is 1. The van der Waals surface area contributed by atoms with Crippen LogP contribution in [0.2, 0.25) is 0 Å². The molecule has 0 spiro atoms. The molecule has 1 aromatic rings. The predicted octanol–water partition coefficient (Wildman–Crippen LogP) is 3.24. The zero-order chi connectivity index (χ0) is 11.3. The highest BCUT2D eigenvalue weighted by molar-refractivity contribution is 5.97. The fourth-order valence-corrected chi connectivity index (χ4v) is 1.11. The number of rotatable bonds is 3. The van der Waals surface area contributed by atoms with Gasteiger partial charge in [-0.05, 0) is 18.9 Å². The van der Waals surface area contributed by atoms with Crippen LogP contribution in [0.1, 0.15) is 24.5 Å². The van der Waals surface area contributed by atoms with Crippen LogP contribution in [0, 0.1) is 13.0 Å². The molecule has 0 saturated heterocycles. The van der Waals surface area contributed by atoms with E-state index in [0.29, 0.717) is 12.0 Å². The van der Waals surface area contributed by atoms with Crippen LogP contribution in [0.3, 0.4) is 0 Å². The molecule has 0 unspecified atom stereocenters. The fraction of sp³-hybridized carbons (Fsp3) is 0.250. The minimum Gasteiger partial charge on any atom is -0.411 e. The van der Waals surface area contributed by atoms with Crippen LogP contribution in [0.25, 0.3) is 0 Å². The summed E-state index contributed by atoms with van der Waals surface area (Å²) in [5.74, 6) is -0.621. The number of hydrogen-bond acceptors (Lipinski definition) is 2. The quantitative estimate of drug-likeness (QED) is 0.459. The Morgan fingerprint density at radius 2 is 2.00 bits per heavy atom. The van der Waals surface area contributed by atoms with E-state index in [0.717, 1.165) is 5.56 Å². The van der Waals surface area contributed by atoms with Gasteiger partial charge >= 0.3 is 0 Å². The predicted molar refractivity (Wildman–Crippen MR) is 57.7 cm³/mol. The van der Waals surface area contributed by atoms with Gasteiger partial charge in [0.1, 0.15) is 5.71 Å². The summed E-state index contributed by atoms with van der Waals surface area (Å²) in [5, 5.41) is 11.4. The van der Waals surface area contributed by atoms with E-state index in [1.165, 1.54) is 0 Å². The van der Waals surface area contributed by atoms with E-state index in [9.17, 15) is 4.39 Å². The van der Waals surface area contributed by atoms with Gasteiger partial charge in [-0.25, -0.2) is 4.39 Å². The van der Waals surface area contributed by atoms with E-state index >= 15 is 0 Å². The Bertz CT molecular complexity index is 379. The van der Waals surface area contributed by atoms with Crippen molar-refractivity contribution in [2.45, 2.75) is 20.3 Å². The number of aryl methyl sites for hydroxylation is 1. The third-order valence-corrected chi connectivity index (χ3v) is 2.01. The first-order chi connectivity index (χ1) is 7.17. The summed E-state index contributed by atoms with van der Waals surface area (Å²) in [6, 6.07) is 7.27. The lowest BCUT2D eigenvalue weighted by Gasteiger charge is -1.98. The Balaban J connectivity index is 2.92. The smallest absolute Gasteiger partial charge is 0.156 e. The highest BCUT2D eigenvalue weighted by atomic mass is 19.1. The average Bonchev–Trinajstić information content (AvgIpc) is 2.23. The van der Waals surface area contributed by atoms with Crippen LogP contribution in [0.15, 0.2) is 35.2 Å². The van der Waals surface area contributed by atoms with E-state index < -0.39 is 5.83 Å². The van der Waals surface area contributed by atoms with Gasteiger partial charge in [-0.3, -0.25) is 0 Å². The molecule has 0 aliphatic heterocycles. The van der Waals surface area contributed by atoms with Crippen LogP contribution in [-0.4, -0.2) is 10.9 Å². The summed E-state index contributed by atoms with van der Waals surface area (Å²) in [6.45, 7) is 3.67. The summed E-state index contributed by atoms with van der Waals surface area (Å²) in [4.78, 5) is 0. The Morgan fingerprint density at radius 1 is 1.40 bits per heavy atom. The molecule has 2 nitrogen and oxygen atoms in total. The number of allylic oxidation sites excluding steroid dienone is 1. The maximum atomic E-state index is 13.4.